The highest BCUT2D eigenvalue weighted by Gasteiger charge is 2.43. The molecule has 0 amide bonds. The Hall–Kier alpha value is -2.25. The van der Waals surface area contributed by atoms with E-state index in [1.165, 1.54) is 5.57 Å². The van der Waals surface area contributed by atoms with Crippen molar-refractivity contribution < 1.29 is 28.4 Å². The molecular formula is C31H42O6S. The first-order chi connectivity index (χ1) is 17.9. The molecule has 1 unspecified atom stereocenters. The average Bonchev–Trinajstić information content (AvgIpc) is 2.83. The van der Waals surface area contributed by atoms with E-state index in [-0.39, 0.29) is 42.4 Å². The fourth-order valence-corrected chi connectivity index (χ4v) is 6.84. The lowest BCUT2D eigenvalue weighted by atomic mass is 9.65. The predicted molar refractivity (Wildman–Crippen MR) is 148 cm³/mol. The molecule has 0 bridgehead atoms. The number of esters is 2. The van der Waals surface area contributed by atoms with Crippen molar-refractivity contribution in [2.75, 3.05) is 6.26 Å². The summed E-state index contributed by atoms with van der Waals surface area (Å²) in [5.74, 6) is 0.409. The molecule has 0 radical (unpaired) electrons. The van der Waals surface area contributed by atoms with Crippen LogP contribution < -0.4 is 0 Å². The molecule has 7 heteroatoms. The molecule has 1 saturated heterocycles. The SMILES string of the molecule is C[C@H]1C=C2C=C[C@H](C)[C@H](CC[C@@H]3C[C@@H](O)CC(=O)O3)[C@H]2[C@@H](OC(=O)C(C)(C)Cc2ccc(S(C)=O)cc2)C1. The lowest BCUT2D eigenvalue weighted by Gasteiger charge is -2.44. The Kier molecular flexibility index (Phi) is 8.98. The number of aliphatic hydroxyl groups is 1. The topological polar surface area (TPSA) is 89.9 Å². The van der Waals surface area contributed by atoms with Gasteiger partial charge in [-0.05, 0) is 80.6 Å². The maximum Gasteiger partial charge on any atom is 0.312 e. The van der Waals surface area contributed by atoms with Crippen LogP contribution in [0.2, 0.25) is 0 Å². The number of carbonyl (C=O) groups excluding carboxylic acids is 2. The van der Waals surface area contributed by atoms with Gasteiger partial charge < -0.3 is 14.6 Å². The standard InChI is InChI=1S/C31H42O6S/c1-19-14-22-9-6-20(2)26(13-10-24-16-23(32)17-28(33)36-24)29(22)27(15-19)37-30(34)31(3,4)18-21-7-11-25(12-8-21)38(5)35/h6-9,11-12,14,19-20,23-24,26-27,29,32H,10,13,15-18H2,1-5H3/t19-,20-,23+,24+,26-,27-,29-,38?/m0/s1. The van der Waals surface area contributed by atoms with Crippen molar-refractivity contribution >= 4 is 22.7 Å². The van der Waals surface area contributed by atoms with Gasteiger partial charge >= 0.3 is 11.9 Å². The number of allylic oxidation sites excluding steroid dienone is 3. The van der Waals surface area contributed by atoms with Crippen LogP contribution in [0.5, 0.6) is 0 Å². The van der Waals surface area contributed by atoms with E-state index in [1.54, 1.807) is 6.26 Å². The smallest absolute Gasteiger partial charge is 0.312 e. The van der Waals surface area contributed by atoms with Gasteiger partial charge in [-0.25, -0.2) is 0 Å². The van der Waals surface area contributed by atoms with E-state index in [0.29, 0.717) is 31.1 Å². The van der Waals surface area contributed by atoms with Crippen LogP contribution in [0.25, 0.3) is 0 Å². The number of fused-ring (bicyclic) bond motifs is 1. The van der Waals surface area contributed by atoms with Crippen LogP contribution in [0.3, 0.4) is 0 Å². The molecule has 0 aromatic heterocycles. The van der Waals surface area contributed by atoms with Gasteiger partial charge in [0.2, 0.25) is 0 Å². The highest BCUT2D eigenvalue weighted by Crippen LogP contribution is 2.45. The molecule has 3 aliphatic rings. The van der Waals surface area contributed by atoms with E-state index in [9.17, 15) is 18.9 Å². The molecule has 1 aromatic carbocycles. The molecule has 4 rings (SSSR count). The summed E-state index contributed by atoms with van der Waals surface area (Å²) in [5.41, 5.74) is 1.52. The number of rotatable bonds is 8. The summed E-state index contributed by atoms with van der Waals surface area (Å²) < 4.78 is 23.6. The molecule has 8 atom stereocenters. The number of hydrogen-bond donors (Lipinski definition) is 1. The first kappa shape index (κ1) is 28.8. The summed E-state index contributed by atoms with van der Waals surface area (Å²) in [6.07, 6.45) is 10.7. The van der Waals surface area contributed by atoms with E-state index in [1.807, 2.05) is 38.1 Å². The molecule has 38 heavy (non-hydrogen) atoms. The minimum atomic E-state index is -1.03. The maximum absolute atomic E-state index is 13.6. The van der Waals surface area contributed by atoms with Gasteiger partial charge in [-0.1, -0.05) is 44.2 Å². The van der Waals surface area contributed by atoms with Crippen molar-refractivity contribution in [3.05, 3.63) is 53.6 Å². The Bertz CT molecular complexity index is 1100. The number of cyclic esters (lactones) is 1. The van der Waals surface area contributed by atoms with Gasteiger partial charge in [-0.3, -0.25) is 13.8 Å². The number of ether oxygens (including phenoxy) is 2. The first-order valence-corrected chi connectivity index (χ1v) is 15.4. The average molecular weight is 543 g/mol. The summed E-state index contributed by atoms with van der Waals surface area (Å²) in [5, 5.41) is 10.0. The summed E-state index contributed by atoms with van der Waals surface area (Å²) in [7, 11) is -1.03. The van der Waals surface area contributed by atoms with Gasteiger partial charge in [-0.2, -0.15) is 0 Å². The third kappa shape index (κ3) is 6.84. The van der Waals surface area contributed by atoms with Crippen LogP contribution >= 0.6 is 0 Å². The van der Waals surface area contributed by atoms with Gasteiger partial charge in [0, 0.05) is 34.3 Å². The van der Waals surface area contributed by atoms with E-state index < -0.39 is 22.3 Å². The van der Waals surface area contributed by atoms with E-state index >= 15 is 0 Å². The number of aliphatic hydroxyl groups excluding tert-OH is 1. The van der Waals surface area contributed by atoms with Crippen molar-refractivity contribution in [1.29, 1.82) is 0 Å². The quantitative estimate of drug-likeness (QED) is 0.457. The first-order valence-electron chi connectivity index (χ1n) is 13.8. The van der Waals surface area contributed by atoms with Crippen LogP contribution in [0.15, 0.2) is 53.0 Å². The fourth-order valence-electron chi connectivity index (χ4n) is 6.32. The second-order valence-electron chi connectivity index (χ2n) is 12.2. The van der Waals surface area contributed by atoms with Crippen molar-refractivity contribution in [3.63, 3.8) is 0 Å². The highest BCUT2D eigenvalue weighted by molar-refractivity contribution is 7.84. The summed E-state index contributed by atoms with van der Waals surface area (Å²) in [6.45, 7) is 8.22. The number of hydrogen-bond acceptors (Lipinski definition) is 6. The Morgan fingerprint density at radius 3 is 2.53 bits per heavy atom. The Balaban J connectivity index is 1.47. The fraction of sp³-hybridized carbons (Fsp3) is 0.613. The summed E-state index contributed by atoms with van der Waals surface area (Å²) in [6, 6.07) is 7.59. The van der Waals surface area contributed by atoms with Gasteiger partial charge in [0.05, 0.1) is 17.9 Å². The number of carbonyl (C=O) groups is 2. The summed E-state index contributed by atoms with van der Waals surface area (Å²) >= 11 is 0. The molecule has 1 aromatic rings. The molecule has 6 nitrogen and oxygen atoms in total. The Labute approximate surface area is 229 Å². The van der Waals surface area contributed by atoms with Crippen molar-refractivity contribution in [1.82, 2.24) is 0 Å². The van der Waals surface area contributed by atoms with Gasteiger partial charge in [0.25, 0.3) is 0 Å². The molecule has 1 fully saturated rings. The van der Waals surface area contributed by atoms with E-state index in [0.717, 1.165) is 23.3 Å². The predicted octanol–water partition coefficient (Wildman–Crippen LogP) is 5.16. The monoisotopic (exact) mass is 542 g/mol. The van der Waals surface area contributed by atoms with Crippen LogP contribution in [0.1, 0.15) is 65.4 Å². The molecule has 2 aliphatic carbocycles. The van der Waals surface area contributed by atoms with Crippen molar-refractivity contribution in [3.8, 4) is 0 Å². The van der Waals surface area contributed by atoms with E-state index in [4.69, 9.17) is 9.47 Å². The van der Waals surface area contributed by atoms with Crippen molar-refractivity contribution in [2.45, 2.75) is 89.4 Å². The zero-order valence-electron chi connectivity index (χ0n) is 23.2. The second-order valence-corrected chi connectivity index (χ2v) is 13.6. The zero-order chi connectivity index (χ0) is 27.6. The largest absolute Gasteiger partial charge is 0.462 e. The minimum Gasteiger partial charge on any atom is -0.462 e. The van der Waals surface area contributed by atoms with Crippen LogP contribution in [0, 0.1) is 29.1 Å². The Morgan fingerprint density at radius 1 is 1.16 bits per heavy atom. The Morgan fingerprint density at radius 2 is 1.87 bits per heavy atom. The molecule has 208 valence electrons. The van der Waals surface area contributed by atoms with Gasteiger partial charge in [-0.15, -0.1) is 0 Å². The molecule has 1 N–H and O–H groups in total. The third-order valence-electron chi connectivity index (χ3n) is 8.37. The van der Waals surface area contributed by atoms with Crippen LogP contribution in [-0.4, -0.2) is 45.8 Å². The van der Waals surface area contributed by atoms with Gasteiger partial charge in [0.1, 0.15) is 12.2 Å². The minimum absolute atomic E-state index is 0.0720. The van der Waals surface area contributed by atoms with Crippen molar-refractivity contribution in [2.24, 2.45) is 29.1 Å². The van der Waals surface area contributed by atoms with Gasteiger partial charge in [0.15, 0.2) is 0 Å². The normalized spacial score (nSPS) is 32.1. The van der Waals surface area contributed by atoms with Crippen LogP contribution in [-0.2, 0) is 36.3 Å². The third-order valence-corrected chi connectivity index (χ3v) is 9.30. The molecule has 1 heterocycles. The maximum atomic E-state index is 13.6. The van der Waals surface area contributed by atoms with Crippen LogP contribution in [0.4, 0.5) is 0 Å². The lowest BCUT2D eigenvalue weighted by Crippen LogP contribution is -2.43. The number of benzene rings is 1. The molecule has 1 aliphatic heterocycles. The highest BCUT2D eigenvalue weighted by atomic mass is 32.2. The summed E-state index contributed by atoms with van der Waals surface area (Å²) in [4.78, 5) is 26.2. The molecule has 0 spiro atoms. The lowest BCUT2D eigenvalue weighted by molar-refractivity contribution is -0.165. The molecular weight excluding hydrogens is 500 g/mol. The second kappa shape index (κ2) is 11.9. The zero-order valence-corrected chi connectivity index (χ0v) is 24.0. The molecule has 0 saturated carbocycles. The van der Waals surface area contributed by atoms with E-state index in [2.05, 4.69) is 32.1 Å².